The van der Waals surface area contributed by atoms with Crippen LogP contribution in [0.25, 0.3) is 0 Å². The molecule has 0 aromatic heterocycles. The first-order valence-corrected chi connectivity index (χ1v) is 9.05. The number of alkyl carbamates (subject to hydrolysis) is 1. The van der Waals surface area contributed by atoms with Gasteiger partial charge in [-0.2, -0.15) is 13.2 Å². The molecule has 3 N–H and O–H groups in total. The first-order valence-electron chi connectivity index (χ1n) is 7.90. The third kappa shape index (κ3) is 8.84. The molecule has 0 spiro atoms. The van der Waals surface area contributed by atoms with Crippen molar-refractivity contribution in [3.63, 3.8) is 0 Å². The number of halogens is 3. The Hall–Kier alpha value is -2.63. The molecule has 3 amide bonds. The third-order valence-corrected chi connectivity index (χ3v) is 3.96. The molecule has 0 aliphatic heterocycles. The van der Waals surface area contributed by atoms with E-state index in [4.69, 9.17) is 4.74 Å². The molecule has 0 bridgehead atoms. The molecule has 28 heavy (non-hydrogen) atoms. The van der Waals surface area contributed by atoms with Gasteiger partial charge in [0, 0.05) is 6.54 Å². The number of amides is 3. The second-order valence-electron chi connectivity index (χ2n) is 6.47. The molecule has 0 radical (unpaired) electrons. The van der Waals surface area contributed by atoms with Crippen molar-refractivity contribution >= 4 is 28.9 Å². The average molecular weight is 423 g/mol. The van der Waals surface area contributed by atoms with Gasteiger partial charge in [-0.3, -0.25) is 14.3 Å². The molecule has 156 valence electrons. The predicted octanol–water partition coefficient (Wildman–Crippen LogP) is 1.53. The second-order valence-corrected chi connectivity index (χ2v) is 7.69. The summed E-state index contributed by atoms with van der Waals surface area (Å²) in [6.45, 7) is 4.14. The number of carbonyl (C=O) groups is 3. The van der Waals surface area contributed by atoms with E-state index in [1.807, 2.05) is 0 Å². The second kappa shape index (κ2) is 9.53. The van der Waals surface area contributed by atoms with Gasteiger partial charge in [0.1, 0.15) is 12.1 Å². The Balaban J connectivity index is 2.49. The van der Waals surface area contributed by atoms with Crippen molar-refractivity contribution in [2.24, 2.45) is 0 Å². The zero-order valence-electron chi connectivity index (χ0n) is 15.3. The van der Waals surface area contributed by atoms with Crippen LogP contribution in [-0.4, -0.2) is 40.4 Å². The maximum absolute atomic E-state index is 12.1. The quantitative estimate of drug-likeness (QED) is 0.642. The van der Waals surface area contributed by atoms with Crippen molar-refractivity contribution in [1.82, 2.24) is 15.4 Å². The van der Waals surface area contributed by atoms with Crippen molar-refractivity contribution in [3.8, 4) is 0 Å². The van der Waals surface area contributed by atoms with E-state index in [2.05, 4.69) is 10.0 Å². The minimum absolute atomic E-state index is 0.177. The highest BCUT2D eigenvalue weighted by atomic mass is 32.2. The normalized spacial score (nSPS) is 12.6. The number of nitrogens with one attached hydrogen (secondary N) is 3. The van der Waals surface area contributed by atoms with Gasteiger partial charge in [-0.15, -0.1) is 0 Å². The highest BCUT2D eigenvalue weighted by Gasteiger charge is 2.38. The van der Waals surface area contributed by atoms with Crippen LogP contribution in [0.15, 0.2) is 29.2 Å². The molecule has 0 heterocycles. The molecule has 0 aliphatic rings. The first-order chi connectivity index (χ1) is 12.8. The third-order valence-electron chi connectivity index (χ3n) is 2.85. The zero-order chi connectivity index (χ0) is 21.5. The number of alkyl halides is 3. The van der Waals surface area contributed by atoms with Gasteiger partial charge in [0.25, 0.3) is 5.91 Å². The number of ether oxygens (including phenoxy) is 1. The van der Waals surface area contributed by atoms with Gasteiger partial charge in [0.15, 0.2) is 11.0 Å². The summed E-state index contributed by atoms with van der Waals surface area (Å²) >= 11 is 0. The molecule has 12 heteroatoms. The standard InChI is InChI=1S/C16H20F3N3O5S/c1-15(2,3)27-14(25)21-9-12(23)22-28(26)11-6-4-10(5-7-11)8-20-13(24)16(17,18)19/h4-7H,8-9H2,1-3H3,(H,20,24)(H,21,25)(H,22,23). The minimum Gasteiger partial charge on any atom is -0.444 e. The Kier molecular flexibility index (Phi) is 7.97. The fourth-order valence-electron chi connectivity index (χ4n) is 1.68. The lowest BCUT2D eigenvalue weighted by Gasteiger charge is -2.19. The van der Waals surface area contributed by atoms with E-state index in [0.29, 0.717) is 5.56 Å². The summed E-state index contributed by atoms with van der Waals surface area (Å²) in [6.07, 6.45) is -5.78. The summed E-state index contributed by atoms with van der Waals surface area (Å²) in [7, 11) is -1.94. The van der Waals surface area contributed by atoms with Crippen LogP contribution in [0.2, 0.25) is 0 Å². The SMILES string of the molecule is CC(C)(C)OC(=O)NCC(=O)NS(=O)c1ccc(CNC(=O)C(F)(F)F)cc1. The molecule has 0 fully saturated rings. The van der Waals surface area contributed by atoms with Gasteiger partial charge in [-0.1, -0.05) is 12.1 Å². The average Bonchev–Trinajstić information content (AvgIpc) is 2.56. The van der Waals surface area contributed by atoms with Crippen LogP contribution < -0.4 is 15.4 Å². The van der Waals surface area contributed by atoms with Crippen molar-refractivity contribution < 1.29 is 36.5 Å². The van der Waals surface area contributed by atoms with E-state index < -0.39 is 47.2 Å². The van der Waals surface area contributed by atoms with Crippen LogP contribution in [0.3, 0.4) is 0 Å². The summed E-state index contributed by atoms with van der Waals surface area (Å²) in [6, 6.07) is 5.36. The van der Waals surface area contributed by atoms with Gasteiger partial charge in [-0.25, -0.2) is 9.00 Å². The lowest BCUT2D eigenvalue weighted by Crippen LogP contribution is -2.40. The highest BCUT2D eigenvalue weighted by molar-refractivity contribution is 7.83. The monoisotopic (exact) mass is 423 g/mol. The van der Waals surface area contributed by atoms with Gasteiger partial charge in [0.2, 0.25) is 0 Å². The van der Waals surface area contributed by atoms with Gasteiger partial charge < -0.3 is 15.4 Å². The summed E-state index contributed by atoms with van der Waals surface area (Å²) in [5, 5.41) is 3.91. The van der Waals surface area contributed by atoms with Gasteiger partial charge >= 0.3 is 18.2 Å². The van der Waals surface area contributed by atoms with Crippen molar-refractivity contribution in [1.29, 1.82) is 0 Å². The van der Waals surface area contributed by atoms with Crippen molar-refractivity contribution in [3.05, 3.63) is 29.8 Å². The Labute approximate surface area is 161 Å². The zero-order valence-corrected chi connectivity index (χ0v) is 16.1. The summed E-state index contributed by atoms with van der Waals surface area (Å²) in [5.41, 5.74) is -0.388. The summed E-state index contributed by atoms with van der Waals surface area (Å²) in [5.74, 6) is -2.80. The maximum atomic E-state index is 12.1. The van der Waals surface area contributed by atoms with Gasteiger partial charge in [0.05, 0.1) is 4.90 Å². The lowest BCUT2D eigenvalue weighted by atomic mass is 10.2. The van der Waals surface area contributed by atoms with E-state index in [0.717, 1.165) is 0 Å². The number of hydrogen-bond acceptors (Lipinski definition) is 5. The number of rotatable bonds is 6. The predicted molar refractivity (Wildman–Crippen MR) is 93.1 cm³/mol. The van der Waals surface area contributed by atoms with Gasteiger partial charge in [-0.05, 0) is 38.5 Å². The topological polar surface area (TPSA) is 114 Å². The smallest absolute Gasteiger partial charge is 0.444 e. The molecule has 1 atom stereocenters. The van der Waals surface area contributed by atoms with E-state index in [-0.39, 0.29) is 11.4 Å². The molecule has 0 aliphatic carbocycles. The van der Waals surface area contributed by atoms with E-state index >= 15 is 0 Å². The number of benzene rings is 1. The number of hydrogen-bond donors (Lipinski definition) is 3. The van der Waals surface area contributed by atoms with Crippen LogP contribution in [0.4, 0.5) is 18.0 Å². The van der Waals surface area contributed by atoms with E-state index in [9.17, 15) is 31.8 Å². The Bertz CT molecular complexity index is 745. The molecule has 1 rings (SSSR count). The van der Waals surface area contributed by atoms with Crippen LogP contribution in [0.1, 0.15) is 26.3 Å². The van der Waals surface area contributed by atoms with Crippen LogP contribution in [0.5, 0.6) is 0 Å². The largest absolute Gasteiger partial charge is 0.471 e. The van der Waals surface area contributed by atoms with Crippen molar-refractivity contribution in [2.75, 3.05) is 6.54 Å². The molecule has 1 aromatic rings. The van der Waals surface area contributed by atoms with Crippen LogP contribution in [-0.2, 0) is 31.9 Å². The fraction of sp³-hybridized carbons (Fsp3) is 0.438. The summed E-state index contributed by atoms with van der Waals surface area (Å²) < 4.78 is 55.5. The fourth-order valence-corrected chi connectivity index (χ4v) is 2.46. The Morgan fingerprint density at radius 1 is 1.04 bits per heavy atom. The Morgan fingerprint density at radius 2 is 1.61 bits per heavy atom. The Morgan fingerprint density at radius 3 is 2.11 bits per heavy atom. The minimum atomic E-state index is -4.97. The molecular formula is C16H20F3N3O5S. The molecule has 1 unspecified atom stereocenters. The molecule has 0 saturated heterocycles. The van der Waals surface area contributed by atoms with Crippen LogP contribution >= 0.6 is 0 Å². The first kappa shape index (κ1) is 23.4. The molecule has 0 saturated carbocycles. The van der Waals surface area contributed by atoms with Crippen molar-refractivity contribution in [2.45, 2.75) is 44.0 Å². The molecular weight excluding hydrogens is 403 g/mol. The molecule has 8 nitrogen and oxygen atoms in total. The highest BCUT2D eigenvalue weighted by Crippen LogP contribution is 2.15. The van der Waals surface area contributed by atoms with Crippen LogP contribution in [0, 0.1) is 0 Å². The number of carbonyl (C=O) groups excluding carboxylic acids is 3. The van der Waals surface area contributed by atoms with E-state index in [1.165, 1.54) is 24.3 Å². The lowest BCUT2D eigenvalue weighted by molar-refractivity contribution is -0.173. The molecule has 1 aromatic carbocycles. The summed E-state index contributed by atoms with van der Waals surface area (Å²) in [4.78, 5) is 34.1. The van der Waals surface area contributed by atoms with E-state index in [1.54, 1.807) is 26.1 Å². The maximum Gasteiger partial charge on any atom is 0.471 e.